The van der Waals surface area contributed by atoms with E-state index in [1.165, 1.54) is 24.3 Å². The van der Waals surface area contributed by atoms with E-state index in [9.17, 15) is 21.5 Å². The monoisotopic (exact) mass is 331 g/mol. The Kier molecular flexibility index (Phi) is 4.24. The van der Waals surface area contributed by atoms with E-state index >= 15 is 0 Å². The zero-order chi connectivity index (χ0) is 15.6. The molecule has 4 nitrogen and oxygen atoms in total. The third-order valence-electron chi connectivity index (χ3n) is 2.58. The number of para-hydroxylation sites is 1. The van der Waals surface area contributed by atoms with E-state index < -0.39 is 26.8 Å². The van der Waals surface area contributed by atoms with Crippen molar-refractivity contribution in [2.75, 3.05) is 5.32 Å². The van der Waals surface area contributed by atoms with Crippen molar-refractivity contribution >= 4 is 33.4 Å². The number of hydrogen-bond donors (Lipinski definition) is 1. The van der Waals surface area contributed by atoms with Crippen molar-refractivity contribution in [1.82, 2.24) is 0 Å². The van der Waals surface area contributed by atoms with Gasteiger partial charge in [-0.25, -0.2) is 4.39 Å². The summed E-state index contributed by atoms with van der Waals surface area (Å²) in [7, 11) is -4.98. The molecule has 2 aromatic rings. The van der Waals surface area contributed by atoms with E-state index in [-0.39, 0.29) is 16.3 Å². The largest absolute Gasteiger partial charge is 0.334 e. The first-order chi connectivity index (χ1) is 9.79. The number of amides is 1. The third-order valence-corrected chi connectivity index (χ3v) is 3.75. The fourth-order valence-corrected chi connectivity index (χ4v) is 2.42. The first-order valence-electron chi connectivity index (χ1n) is 5.59. The highest BCUT2D eigenvalue weighted by molar-refractivity contribution is 7.86. The third kappa shape index (κ3) is 3.56. The predicted octanol–water partition coefficient (Wildman–Crippen LogP) is 3.39. The van der Waals surface area contributed by atoms with Crippen molar-refractivity contribution < 1.29 is 21.5 Å². The van der Waals surface area contributed by atoms with E-state index in [1.807, 2.05) is 0 Å². The fourth-order valence-electron chi connectivity index (χ4n) is 1.61. The molecular formula is C13H8ClF2NO3S. The highest BCUT2D eigenvalue weighted by atomic mass is 35.5. The van der Waals surface area contributed by atoms with Gasteiger partial charge in [-0.3, -0.25) is 4.79 Å². The maximum absolute atomic E-state index is 13.1. The Morgan fingerprint density at radius 3 is 2.43 bits per heavy atom. The Labute approximate surface area is 124 Å². The number of anilines is 1. The molecule has 0 fully saturated rings. The van der Waals surface area contributed by atoms with Gasteiger partial charge in [0.1, 0.15) is 10.7 Å². The van der Waals surface area contributed by atoms with E-state index in [1.54, 1.807) is 0 Å². The molecule has 2 rings (SSSR count). The summed E-state index contributed by atoms with van der Waals surface area (Å²) in [6.45, 7) is 0. The average Bonchev–Trinajstić information content (AvgIpc) is 2.41. The van der Waals surface area contributed by atoms with Crippen LogP contribution in [-0.4, -0.2) is 14.3 Å². The molecule has 0 saturated heterocycles. The van der Waals surface area contributed by atoms with Crippen molar-refractivity contribution in [2.45, 2.75) is 4.90 Å². The van der Waals surface area contributed by atoms with E-state index in [4.69, 9.17) is 11.6 Å². The molecule has 1 amide bonds. The highest BCUT2D eigenvalue weighted by Crippen LogP contribution is 2.24. The van der Waals surface area contributed by atoms with Crippen molar-refractivity contribution in [3.63, 3.8) is 0 Å². The molecule has 0 saturated carbocycles. The Morgan fingerprint density at radius 2 is 1.81 bits per heavy atom. The Morgan fingerprint density at radius 1 is 1.14 bits per heavy atom. The van der Waals surface area contributed by atoms with Gasteiger partial charge in [0.2, 0.25) is 0 Å². The lowest BCUT2D eigenvalue weighted by atomic mass is 10.2. The quantitative estimate of drug-likeness (QED) is 0.877. The molecular weight excluding hydrogens is 324 g/mol. The van der Waals surface area contributed by atoms with Crippen LogP contribution < -0.4 is 5.32 Å². The van der Waals surface area contributed by atoms with Crippen molar-refractivity contribution in [3.8, 4) is 0 Å². The number of halogens is 3. The zero-order valence-electron chi connectivity index (χ0n) is 10.3. The maximum atomic E-state index is 13.1. The molecule has 0 atom stereocenters. The summed E-state index contributed by atoms with van der Waals surface area (Å²) < 4.78 is 48.1. The summed E-state index contributed by atoms with van der Waals surface area (Å²) in [4.78, 5) is 11.3. The van der Waals surface area contributed by atoms with Crippen LogP contribution in [0.25, 0.3) is 0 Å². The van der Waals surface area contributed by atoms with Crippen LogP contribution >= 0.6 is 11.6 Å². The Hall–Kier alpha value is -1.99. The summed E-state index contributed by atoms with van der Waals surface area (Å²) >= 11 is 5.55. The smallest absolute Gasteiger partial charge is 0.321 e. The van der Waals surface area contributed by atoms with Crippen molar-refractivity contribution in [1.29, 1.82) is 0 Å². The highest BCUT2D eigenvalue weighted by Gasteiger charge is 2.19. The van der Waals surface area contributed by atoms with Crippen LogP contribution in [0.5, 0.6) is 0 Å². The summed E-state index contributed by atoms with van der Waals surface area (Å²) in [5.41, 5.74) is -0.210. The van der Waals surface area contributed by atoms with Crippen LogP contribution in [-0.2, 0) is 10.2 Å². The van der Waals surface area contributed by atoms with Gasteiger partial charge in [0.25, 0.3) is 5.91 Å². The SMILES string of the molecule is O=C(Nc1ccccc1S(=O)(=O)F)c1ccc(F)c(Cl)c1. The van der Waals surface area contributed by atoms with Crippen LogP contribution in [0.4, 0.5) is 14.0 Å². The molecule has 0 bridgehead atoms. The lowest BCUT2D eigenvalue weighted by Crippen LogP contribution is -2.14. The molecule has 0 spiro atoms. The molecule has 0 aliphatic carbocycles. The maximum Gasteiger partial charge on any atom is 0.334 e. The van der Waals surface area contributed by atoms with Crippen LogP contribution in [0.2, 0.25) is 5.02 Å². The van der Waals surface area contributed by atoms with Gasteiger partial charge in [-0.05, 0) is 30.3 Å². The number of carbonyl (C=O) groups excluding carboxylic acids is 1. The van der Waals surface area contributed by atoms with E-state index in [0.717, 1.165) is 18.2 Å². The first-order valence-corrected chi connectivity index (χ1v) is 7.35. The summed E-state index contributed by atoms with van der Waals surface area (Å²) in [6, 6.07) is 8.24. The number of hydrogen-bond acceptors (Lipinski definition) is 3. The summed E-state index contributed by atoms with van der Waals surface area (Å²) in [5, 5.41) is 1.99. The molecule has 0 aromatic heterocycles. The fraction of sp³-hybridized carbons (Fsp3) is 0. The van der Waals surface area contributed by atoms with Crippen LogP contribution in [0.15, 0.2) is 47.4 Å². The minimum atomic E-state index is -4.98. The normalized spacial score (nSPS) is 11.2. The first kappa shape index (κ1) is 15.4. The minimum Gasteiger partial charge on any atom is -0.321 e. The molecule has 2 aromatic carbocycles. The Balaban J connectivity index is 2.34. The van der Waals surface area contributed by atoms with Crippen molar-refractivity contribution in [3.05, 3.63) is 58.9 Å². The standard InChI is InChI=1S/C13H8ClF2NO3S/c14-9-7-8(5-6-10(9)15)13(18)17-11-3-1-2-4-12(11)21(16,19)20/h1-7H,(H,17,18). The molecule has 0 aliphatic heterocycles. The van der Waals surface area contributed by atoms with Gasteiger partial charge < -0.3 is 5.32 Å². The van der Waals surface area contributed by atoms with E-state index in [0.29, 0.717) is 0 Å². The van der Waals surface area contributed by atoms with Crippen LogP contribution in [0, 0.1) is 5.82 Å². The van der Waals surface area contributed by atoms with Gasteiger partial charge in [-0.1, -0.05) is 23.7 Å². The van der Waals surface area contributed by atoms with Gasteiger partial charge in [-0.2, -0.15) is 8.42 Å². The number of nitrogens with one attached hydrogen (secondary N) is 1. The lowest BCUT2D eigenvalue weighted by molar-refractivity contribution is 0.102. The minimum absolute atomic E-state index is 0.00691. The zero-order valence-corrected chi connectivity index (χ0v) is 11.9. The van der Waals surface area contributed by atoms with Crippen LogP contribution in [0.1, 0.15) is 10.4 Å². The number of rotatable bonds is 3. The summed E-state index contributed by atoms with van der Waals surface area (Å²) in [6.07, 6.45) is 0. The predicted molar refractivity (Wildman–Crippen MR) is 74.1 cm³/mol. The number of benzene rings is 2. The molecule has 0 heterocycles. The second-order valence-corrected chi connectivity index (χ2v) is 5.74. The molecule has 0 aliphatic rings. The second-order valence-electron chi connectivity index (χ2n) is 4.02. The number of carbonyl (C=O) groups is 1. The molecule has 110 valence electrons. The van der Waals surface area contributed by atoms with Gasteiger partial charge in [-0.15, -0.1) is 3.89 Å². The molecule has 0 unspecified atom stereocenters. The van der Waals surface area contributed by atoms with Gasteiger partial charge in [0, 0.05) is 5.56 Å². The second kappa shape index (κ2) is 5.79. The average molecular weight is 332 g/mol. The molecule has 8 heteroatoms. The topological polar surface area (TPSA) is 63.2 Å². The summed E-state index contributed by atoms with van der Waals surface area (Å²) in [5.74, 6) is -1.44. The van der Waals surface area contributed by atoms with Gasteiger partial charge in [0.15, 0.2) is 0 Å². The Bertz CT molecular complexity index is 809. The van der Waals surface area contributed by atoms with Crippen molar-refractivity contribution in [2.24, 2.45) is 0 Å². The van der Waals surface area contributed by atoms with Gasteiger partial charge in [0.05, 0.1) is 10.7 Å². The van der Waals surface area contributed by atoms with E-state index in [2.05, 4.69) is 5.32 Å². The van der Waals surface area contributed by atoms with Gasteiger partial charge >= 0.3 is 10.2 Å². The molecule has 1 N–H and O–H groups in total. The van der Waals surface area contributed by atoms with Crippen LogP contribution in [0.3, 0.4) is 0 Å². The lowest BCUT2D eigenvalue weighted by Gasteiger charge is -2.08. The molecule has 0 radical (unpaired) electrons. The molecule has 21 heavy (non-hydrogen) atoms.